The number of carbonyl (C=O) groups excluding carboxylic acids is 2. The fourth-order valence-electron chi connectivity index (χ4n) is 3.95. The van der Waals surface area contributed by atoms with E-state index < -0.39 is 23.5 Å². The van der Waals surface area contributed by atoms with E-state index in [9.17, 15) is 14.7 Å². The molecule has 0 spiro atoms. The van der Waals surface area contributed by atoms with Crippen molar-refractivity contribution in [1.29, 1.82) is 0 Å². The molecule has 1 atom stereocenters. The summed E-state index contributed by atoms with van der Waals surface area (Å²) in [6, 6.07) is 12.1. The van der Waals surface area contributed by atoms with Gasteiger partial charge < -0.3 is 14.6 Å². The van der Waals surface area contributed by atoms with Gasteiger partial charge in [0.2, 0.25) is 0 Å². The third kappa shape index (κ3) is 3.87. The Kier molecular flexibility index (Phi) is 6.50. The molecule has 1 unspecified atom stereocenters. The third-order valence-electron chi connectivity index (χ3n) is 5.64. The number of Topliss-reactive ketones (excluding diaryl/α,β-unsaturated/α-hetero) is 1. The van der Waals surface area contributed by atoms with Crippen LogP contribution in [0, 0.1) is 6.92 Å². The van der Waals surface area contributed by atoms with Gasteiger partial charge in [-0.05, 0) is 42.8 Å². The van der Waals surface area contributed by atoms with Gasteiger partial charge in [-0.1, -0.05) is 35.3 Å². The van der Waals surface area contributed by atoms with E-state index in [4.69, 9.17) is 32.7 Å². The number of aliphatic hydroxyl groups excluding tert-OH is 1. The van der Waals surface area contributed by atoms with E-state index in [1.54, 1.807) is 49.5 Å². The highest BCUT2D eigenvalue weighted by Crippen LogP contribution is 2.45. The molecule has 34 heavy (non-hydrogen) atoms. The predicted octanol–water partition coefficient (Wildman–Crippen LogP) is 5.34. The minimum absolute atomic E-state index is 0.144. The number of carbonyl (C=O) groups is 2. The number of hydrogen-bond acceptors (Lipinski definition) is 6. The summed E-state index contributed by atoms with van der Waals surface area (Å²) in [6.07, 6.45) is 1.55. The molecule has 9 heteroatoms. The molecule has 2 heterocycles. The van der Waals surface area contributed by atoms with Crippen LogP contribution in [0.4, 0.5) is 5.69 Å². The molecule has 2 aromatic carbocycles. The molecule has 1 fully saturated rings. The van der Waals surface area contributed by atoms with E-state index in [1.807, 2.05) is 0 Å². The van der Waals surface area contributed by atoms with Crippen molar-refractivity contribution in [3.63, 3.8) is 0 Å². The number of ketones is 1. The zero-order chi connectivity index (χ0) is 24.6. The number of halogens is 2. The molecule has 0 saturated carbocycles. The monoisotopic (exact) mass is 498 g/mol. The van der Waals surface area contributed by atoms with Gasteiger partial charge in [0.05, 0.1) is 36.1 Å². The van der Waals surface area contributed by atoms with Crippen molar-refractivity contribution in [2.75, 3.05) is 19.1 Å². The minimum atomic E-state index is -1.01. The number of methoxy groups -OCH3 is 2. The van der Waals surface area contributed by atoms with Gasteiger partial charge in [-0.15, -0.1) is 0 Å². The lowest BCUT2D eigenvalue weighted by Gasteiger charge is -2.26. The van der Waals surface area contributed by atoms with Gasteiger partial charge in [-0.2, -0.15) is 0 Å². The summed E-state index contributed by atoms with van der Waals surface area (Å²) in [7, 11) is 2.82. The summed E-state index contributed by atoms with van der Waals surface area (Å²) in [5, 5.41) is 12.1. The number of aliphatic hydroxyl groups is 1. The van der Waals surface area contributed by atoms with Crippen LogP contribution >= 0.6 is 23.2 Å². The number of hydrogen-bond donors (Lipinski definition) is 1. The topological polar surface area (TPSA) is 89.0 Å². The fourth-order valence-corrected chi connectivity index (χ4v) is 4.35. The van der Waals surface area contributed by atoms with Gasteiger partial charge in [0.1, 0.15) is 23.3 Å². The quantitative estimate of drug-likeness (QED) is 0.290. The molecule has 0 aliphatic carbocycles. The van der Waals surface area contributed by atoms with Crippen LogP contribution in [0.25, 0.3) is 5.76 Å². The maximum Gasteiger partial charge on any atom is 0.300 e. The van der Waals surface area contributed by atoms with Crippen molar-refractivity contribution in [1.82, 2.24) is 4.98 Å². The molecule has 1 aliphatic heterocycles. The van der Waals surface area contributed by atoms with Crippen LogP contribution in [0.15, 0.2) is 60.3 Å². The Morgan fingerprint density at radius 2 is 1.74 bits per heavy atom. The summed E-state index contributed by atoms with van der Waals surface area (Å²) >= 11 is 12.5. The van der Waals surface area contributed by atoms with Gasteiger partial charge in [0, 0.05) is 23.0 Å². The van der Waals surface area contributed by atoms with Crippen molar-refractivity contribution in [3.8, 4) is 11.5 Å². The number of rotatable bonds is 5. The minimum Gasteiger partial charge on any atom is -0.507 e. The van der Waals surface area contributed by atoms with Gasteiger partial charge in [0.25, 0.3) is 11.7 Å². The van der Waals surface area contributed by atoms with E-state index in [-0.39, 0.29) is 27.7 Å². The van der Waals surface area contributed by atoms with Crippen LogP contribution < -0.4 is 14.4 Å². The average Bonchev–Trinajstić information content (AvgIpc) is 3.11. The second kappa shape index (κ2) is 9.37. The van der Waals surface area contributed by atoms with Crippen molar-refractivity contribution in [3.05, 3.63) is 87.2 Å². The second-order valence-corrected chi connectivity index (χ2v) is 8.31. The summed E-state index contributed by atoms with van der Waals surface area (Å²) in [4.78, 5) is 32.3. The first-order chi connectivity index (χ1) is 16.3. The summed E-state index contributed by atoms with van der Waals surface area (Å²) < 4.78 is 10.6. The maximum absolute atomic E-state index is 13.3. The molecule has 1 aromatic heterocycles. The molecule has 7 nitrogen and oxygen atoms in total. The lowest BCUT2D eigenvalue weighted by molar-refractivity contribution is -0.132. The summed E-state index contributed by atoms with van der Waals surface area (Å²) in [6.45, 7) is 1.75. The van der Waals surface area contributed by atoms with Crippen molar-refractivity contribution in [2.24, 2.45) is 0 Å². The van der Waals surface area contributed by atoms with E-state index in [2.05, 4.69) is 4.98 Å². The number of benzene rings is 2. The summed E-state index contributed by atoms with van der Waals surface area (Å²) in [5.41, 5.74) is 1.43. The number of amides is 1. The zero-order valence-electron chi connectivity index (χ0n) is 18.5. The van der Waals surface area contributed by atoms with Crippen molar-refractivity contribution in [2.45, 2.75) is 13.0 Å². The number of nitrogens with zero attached hydrogens (tertiary/aromatic N) is 2. The van der Waals surface area contributed by atoms with Gasteiger partial charge in [-0.3, -0.25) is 19.5 Å². The van der Waals surface area contributed by atoms with Crippen molar-refractivity contribution >= 4 is 46.3 Å². The SMILES string of the molecule is COc1cc(/C(O)=C2\C(=O)C(=O)N(c3cccc(Cl)c3C)C2c2ccccn2)c(OC)cc1Cl. The number of pyridine rings is 1. The Morgan fingerprint density at radius 1 is 1.00 bits per heavy atom. The normalized spacial score (nSPS) is 17.2. The summed E-state index contributed by atoms with van der Waals surface area (Å²) in [5.74, 6) is -1.67. The average molecular weight is 499 g/mol. The zero-order valence-corrected chi connectivity index (χ0v) is 20.0. The van der Waals surface area contributed by atoms with Crippen LogP contribution in [0.5, 0.6) is 11.5 Å². The lowest BCUT2D eigenvalue weighted by Crippen LogP contribution is -2.30. The highest BCUT2D eigenvalue weighted by atomic mass is 35.5. The van der Waals surface area contributed by atoms with Crippen LogP contribution in [0.3, 0.4) is 0 Å². The number of ether oxygens (including phenoxy) is 2. The largest absolute Gasteiger partial charge is 0.507 e. The van der Waals surface area contributed by atoms with Crippen molar-refractivity contribution < 1.29 is 24.2 Å². The highest BCUT2D eigenvalue weighted by Gasteiger charge is 2.48. The molecule has 1 aliphatic rings. The van der Waals surface area contributed by atoms with Crippen LogP contribution in [0.1, 0.15) is 22.9 Å². The molecule has 1 N–H and O–H groups in total. The second-order valence-electron chi connectivity index (χ2n) is 7.49. The first kappa shape index (κ1) is 23.6. The predicted molar refractivity (Wildman–Crippen MR) is 130 cm³/mol. The molecule has 0 radical (unpaired) electrons. The maximum atomic E-state index is 13.3. The lowest BCUT2D eigenvalue weighted by atomic mass is 9.97. The van der Waals surface area contributed by atoms with Crippen LogP contribution in [-0.4, -0.2) is 36.0 Å². The standard InChI is InChI=1S/C25H20Cl2N2O5/c1-13-15(26)7-6-9-18(13)29-22(17-8-4-5-10-28-17)21(24(31)25(29)32)23(30)14-11-20(34-3)16(27)12-19(14)33-2/h4-12,22,30H,1-3H3/b23-21+. The molecular formula is C25H20Cl2N2O5. The Hall–Kier alpha value is -3.55. The van der Waals surface area contributed by atoms with Crippen LogP contribution in [0.2, 0.25) is 10.0 Å². The van der Waals surface area contributed by atoms with Gasteiger partial charge in [-0.25, -0.2) is 0 Å². The molecule has 1 amide bonds. The molecular weight excluding hydrogens is 479 g/mol. The van der Waals surface area contributed by atoms with Gasteiger partial charge in [0.15, 0.2) is 0 Å². The third-order valence-corrected chi connectivity index (χ3v) is 6.34. The number of aromatic nitrogens is 1. The Morgan fingerprint density at radius 3 is 2.38 bits per heavy atom. The smallest absolute Gasteiger partial charge is 0.300 e. The first-order valence-electron chi connectivity index (χ1n) is 10.2. The molecule has 1 saturated heterocycles. The van der Waals surface area contributed by atoms with Gasteiger partial charge >= 0.3 is 0 Å². The Labute approximate surface area is 206 Å². The highest BCUT2D eigenvalue weighted by molar-refractivity contribution is 6.52. The molecule has 3 aromatic rings. The Balaban J connectivity index is 2.02. The van der Waals surface area contributed by atoms with E-state index in [0.717, 1.165) is 0 Å². The fraction of sp³-hybridized carbons (Fsp3) is 0.160. The molecule has 4 rings (SSSR count). The van der Waals surface area contributed by atoms with E-state index in [0.29, 0.717) is 22.0 Å². The van der Waals surface area contributed by atoms with E-state index in [1.165, 1.54) is 31.3 Å². The molecule has 174 valence electrons. The number of anilines is 1. The Bertz CT molecular complexity index is 1320. The molecule has 0 bridgehead atoms. The van der Waals surface area contributed by atoms with Crippen LogP contribution in [-0.2, 0) is 9.59 Å². The first-order valence-corrected chi connectivity index (χ1v) is 10.9. The van der Waals surface area contributed by atoms with E-state index >= 15 is 0 Å².